The van der Waals surface area contributed by atoms with Crippen LogP contribution in [0.2, 0.25) is 0 Å². The fraction of sp³-hybridized carbons (Fsp3) is 0.478. The lowest BCUT2D eigenvalue weighted by molar-refractivity contribution is -0.117. The van der Waals surface area contributed by atoms with E-state index in [4.69, 9.17) is 0 Å². The molecule has 1 N–H and O–H groups in total. The van der Waals surface area contributed by atoms with E-state index in [2.05, 4.69) is 41.1 Å². The van der Waals surface area contributed by atoms with Gasteiger partial charge in [0.2, 0.25) is 11.9 Å². The largest absolute Gasteiger partial charge is 0.336 e. The van der Waals surface area contributed by atoms with Gasteiger partial charge in [0.05, 0.1) is 6.42 Å². The standard InChI is InChI=1S/C23H30N6O2/c1-4-19(5-2)29-20(30)14-17-15-24-23(26-21(17)29)25-18-8-6-7-16(13-18)22(31)28-11-9-27(3)10-12-28/h6-8,13,15,19H,4-5,9-12,14H2,1-3H3,(H,24,25,26). The molecule has 0 unspecified atom stereocenters. The van der Waals surface area contributed by atoms with Crippen LogP contribution >= 0.6 is 0 Å². The molecule has 1 saturated heterocycles. The molecular formula is C23H30N6O2. The van der Waals surface area contributed by atoms with Crippen molar-refractivity contribution in [1.82, 2.24) is 19.8 Å². The van der Waals surface area contributed by atoms with E-state index in [1.54, 1.807) is 6.20 Å². The van der Waals surface area contributed by atoms with Crippen molar-refractivity contribution < 1.29 is 9.59 Å². The zero-order chi connectivity index (χ0) is 22.0. The summed E-state index contributed by atoms with van der Waals surface area (Å²) in [4.78, 5) is 40.4. The van der Waals surface area contributed by atoms with Crippen LogP contribution in [0.1, 0.15) is 42.6 Å². The van der Waals surface area contributed by atoms with Crippen molar-refractivity contribution in [3.63, 3.8) is 0 Å². The summed E-state index contributed by atoms with van der Waals surface area (Å²) in [5.74, 6) is 1.24. The predicted molar refractivity (Wildman–Crippen MR) is 121 cm³/mol. The molecular weight excluding hydrogens is 392 g/mol. The van der Waals surface area contributed by atoms with Gasteiger partial charge in [0.1, 0.15) is 5.82 Å². The molecule has 4 rings (SSSR count). The van der Waals surface area contributed by atoms with Gasteiger partial charge < -0.3 is 15.1 Å². The average molecular weight is 423 g/mol. The Hall–Kier alpha value is -3.00. The van der Waals surface area contributed by atoms with Gasteiger partial charge in [0, 0.05) is 55.2 Å². The lowest BCUT2D eigenvalue weighted by atomic mass is 10.1. The molecule has 1 fully saturated rings. The monoisotopic (exact) mass is 422 g/mol. The van der Waals surface area contributed by atoms with E-state index >= 15 is 0 Å². The fourth-order valence-corrected chi connectivity index (χ4v) is 4.24. The van der Waals surface area contributed by atoms with Crippen molar-refractivity contribution in [3.8, 4) is 0 Å². The zero-order valence-corrected chi connectivity index (χ0v) is 18.5. The van der Waals surface area contributed by atoms with E-state index in [1.807, 2.05) is 34.1 Å². The molecule has 2 amide bonds. The van der Waals surface area contributed by atoms with Crippen molar-refractivity contribution >= 4 is 29.3 Å². The van der Waals surface area contributed by atoms with Crippen molar-refractivity contribution in [3.05, 3.63) is 41.6 Å². The third kappa shape index (κ3) is 4.39. The highest BCUT2D eigenvalue weighted by molar-refractivity contribution is 6.00. The van der Waals surface area contributed by atoms with Crippen LogP contribution < -0.4 is 10.2 Å². The van der Waals surface area contributed by atoms with Crippen molar-refractivity contribution in [2.24, 2.45) is 0 Å². The number of anilines is 3. The third-order valence-electron chi connectivity index (χ3n) is 6.14. The second-order valence-corrected chi connectivity index (χ2v) is 8.25. The number of aromatic nitrogens is 2. The summed E-state index contributed by atoms with van der Waals surface area (Å²) in [6.07, 6.45) is 3.83. The van der Waals surface area contributed by atoms with E-state index in [0.29, 0.717) is 23.8 Å². The molecule has 8 heteroatoms. The second kappa shape index (κ2) is 9.01. The van der Waals surface area contributed by atoms with Gasteiger partial charge in [-0.25, -0.2) is 4.98 Å². The molecule has 8 nitrogen and oxygen atoms in total. The number of piperazine rings is 1. The summed E-state index contributed by atoms with van der Waals surface area (Å²) in [6, 6.07) is 7.56. The first-order valence-electron chi connectivity index (χ1n) is 11.0. The summed E-state index contributed by atoms with van der Waals surface area (Å²) in [5, 5.41) is 3.21. The first kappa shape index (κ1) is 21.2. The highest BCUT2D eigenvalue weighted by Gasteiger charge is 2.33. The molecule has 1 aromatic carbocycles. The van der Waals surface area contributed by atoms with Crippen LogP contribution in [0.25, 0.3) is 0 Å². The summed E-state index contributed by atoms with van der Waals surface area (Å²) < 4.78 is 0. The Balaban J connectivity index is 1.52. The van der Waals surface area contributed by atoms with E-state index < -0.39 is 0 Å². The average Bonchev–Trinajstić information content (AvgIpc) is 3.10. The molecule has 0 atom stereocenters. The number of amides is 2. The number of carbonyl (C=O) groups excluding carboxylic acids is 2. The SMILES string of the molecule is CCC(CC)N1C(=O)Cc2cnc(Nc3cccc(C(=O)N4CCN(C)CC4)c3)nc21. The van der Waals surface area contributed by atoms with Crippen LogP contribution in [-0.4, -0.2) is 70.9 Å². The molecule has 2 aliphatic heterocycles. The van der Waals surface area contributed by atoms with Crippen molar-refractivity contribution in [1.29, 1.82) is 0 Å². The number of likely N-dealkylation sites (N-methyl/N-ethyl adjacent to an activating group) is 1. The van der Waals surface area contributed by atoms with E-state index in [1.165, 1.54) is 0 Å². The zero-order valence-electron chi connectivity index (χ0n) is 18.5. The molecule has 0 spiro atoms. The molecule has 0 radical (unpaired) electrons. The first-order chi connectivity index (χ1) is 15.0. The van der Waals surface area contributed by atoms with Crippen LogP contribution in [0.4, 0.5) is 17.5 Å². The maximum Gasteiger partial charge on any atom is 0.254 e. The Morgan fingerprint density at radius 2 is 1.90 bits per heavy atom. The van der Waals surface area contributed by atoms with Crippen LogP contribution in [0.5, 0.6) is 0 Å². The Labute approximate surface area is 183 Å². The molecule has 164 valence electrons. The number of benzene rings is 1. The van der Waals surface area contributed by atoms with Gasteiger partial charge in [-0.15, -0.1) is 0 Å². The minimum Gasteiger partial charge on any atom is -0.336 e. The normalized spacial score (nSPS) is 16.7. The Morgan fingerprint density at radius 1 is 1.16 bits per heavy atom. The number of carbonyl (C=O) groups is 2. The molecule has 0 bridgehead atoms. The smallest absolute Gasteiger partial charge is 0.254 e. The van der Waals surface area contributed by atoms with Crippen molar-refractivity contribution in [2.75, 3.05) is 43.4 Å². The van der Waals surface area contributed by atoms with Gasteiger partial charge >= 0.3 is 0 Å². The number of fused-ring (bicyclic) bond motifs is 1. The van der Waals surface area contributed by atoms with Crippen LogP contribution in [-0.2, 0) is 11.2 Å². The fourth-order valence-electron chi connectivity index (χ4n) is 4.24. The lowest BCUT2D eigenvalue weighted by Crippen LogP contribution is -2.47. The summed E-state index contributed by atoms with van der Waals surface area (Å²) in [5.41, 5.74) is 2.25. The molecule has 0 aliphatic carbocycles. The van der Waals surface area contributed by atoms with Gasteiger partial charge in [-0.05, 0) is 38.1 Å². The Kier molecular flexibility index (Phi) is 6.18. The van der Waals surface area contributed by atoms with Gasteiger partial charge in [-0.2, -0.15) is 4.98 Å². The van der Waals surface area contributed by atoms with Gasteiger partial charge in [0.15, 0.2) is 0 Å². The third-order valence-corrected chi connectivity index (χ3v) is 6.14. The minimum absolute atomic E-state index is 0.0390. The van der Waals surface area contributed by atoms with Gasteiger partial charge in [-0.1, -0.05) is 19.9 Å². The summed E-state index contributed by atoms with van der Waals surface area (Å²) in [7, 11) is 2.07. The molecule has 31 heavy (non-hydrogen) atoms. The van der Waals surface area contributed by atoms with E-state index in [0.717, 1.165) is 50.3 Å². The minimum atomic E-state index is 0.0390. The van der Waals surface area contributed by atoms with Crippen LogP contribution in [0.15, 0.2) is 30.5 Å². The predicted octanol–water partition coefficient (Wildman–Crippen LogP) is 2.69. The molecule has 1 aromatic heterocycles. The number of nitrogens with zero attached hydrogens (tertiary/aromatic N) is 5. The second-order valence-electron chi connectivity index (χ2n) is 8.25. The van der Waals surface area contributed by atoms with E-state index in [9.17, 15) is 9.59 Å². The Morgan fingerprint density at radius 3 is 2.61 bits per heavy atom. The quantitative estimate of drug-likeness (QED) is 0.771. The number of hydrogen-bond donors (Lipinski definition) is 1. The molecule has 2 aliphatic rings. The molecule has 3 heterocycles. The first-order valence-corrected chi connectivity index (χ1v) is 11.0. The van der Waals surface area contributed by atoms with Crippen LogP contribution in [0.3, 0.4) is 0 Å². The highest BCUT2D eigenvalue weighted by Crippen LogP contribution is 2.31. The van der Waals surface area contributed by atoms with Gasteiger partial charge in [0.25, 0.3) is 5.91 Å². The van der Waals surface area contributed by atoms with Crippen molar-refractivity contribution in [2.45, 2.75) is 39.2 Å². The highest BCUT2D eigenvalue weighted by atomic mass is 16.2. The molecule has 0 saturated carbocycles. The Bertz CT molecular complexity index is 966. The maximum atomic E-state index is 12.9. The number of rotatable bonds is 6. The number of nitrogens with one attached hydrogen (secondary N) is 1. The topological polar surface area (TPSA) is 81.7 Å². The summed E-state index contributed by atoms with van der Waals surface area (Å²) >= 11 is 0. The lowest BCUT2D eigenvalue weighted by Gasteiger charge is -2.32. The van der Waals surface area contributed by atoms with E-state index in [-0.39, 0.29) is 17.9 Å². The maximum absolute atomic E-state index is 12.9. The van der Waals surface area contributed by atoms with Crippen LogP contribution in [0, 0.1) is 0 Å². The van der Waals surface area contributed by atoms with Gasteiger partial charge in [-0.3, -0.25) is 14.5 Å². The molecule has 2 aromatic rings. The summed E-state index contributed by atoms with van der Waals surface area (Å²) in [6.45, 7) is 7.42. The number of hydrogen-bond acceptors (Lipinski definition) is 6.